The zero-order chi connectivity index (χ0) is 12.3. The number of aromatic nitrogens is 3. The maximum Gasteiger partial charge on any atom is 0.231 e. The van der Waals surface area contributed by atoms with Gasteiger partial charge in [0.1, 0.15) is 0 Å². The third-order valence-corrected chi connectivity index (χ3v) is 3.33. The highest BCUT2D eigenvalue weighted by molar-refractivity contribution is 7.09. The molecule has 0 amide bonds. The number of hydrogen-bond acceptors (Lipinski definition) is 6. The van der Waals surface area contributed by atoms with Crippen molar-refractivity contribution in [1.82, 2.24) is 15.0 Å². The van der Waals surface area contributed by atoms with Gasteiger partial charge >= 0.3 is 0 Å². The fourth-order valence-electron chi connectivity index (χ4n) is 1.36. The lowest BCUT2D eigenvalue weighted by Gasteiger charge is -2.16. The van der Waals surface area contributed by atoms with E-state index in [4.69, 9.17) is 17.3 Å². The van der Waals surface area contributed by atoms with Crippen molar-refractivity contribution in [3.8, 4) is 0 Å². The molecule has 0 aliphatic heterocycles. The minimum atomic E-state index is 0.121. The molecule has 0 atom stereocenters. The van der Waals surface area contributed by atoms with Crippen LogP contribution < -0.4 is 10.6 Å². The number of nitrogens with zero attached hydrogens (tertiary/aromatic N) is 4. The molecule has 2 aromatic heterocycles. The minimum Gasteiger partial charge on any atom is -0.368 e. The molecule has 0 saturated heterocycles. The van der Waals surface area contributed by atoms with E-state index in [0.29, 0.717) is 5.95 Å². The zero-order valence-corrected chi connectivity index (χ0v) is 10.9. The van der Waals surface area contributed by atoms with Crippen molar-refractivity contribution in [1.29, 1.82) is 0 Å². The van der Waals surface area contributed by atoms with E-state index in [1.807, 2.05) is 18.0 Å². The van der Waals surface area contributed by atoms with Gasteiger partial charge in [-0.2, -0.15) is 15.0 Å². The van der Waals surface area contributed by atoms with Gasteiger partial charge in [-0.1, -0.05) is 6.07 Å². The lowest BCUT2D eigenvalue weighted by molar-refractivity contribution is 0.838. The number of halogens is 1. The molecule has 0 radical (unpaired) electrons. The van der Waals surface area contributed by atoms with Gasteiger partial charge in [-0.05, 0) is 29.5 Å². The number of thiophene rings is 1. The molecule has 17 heavy (non-hydrogen) atoms. The molecule has 90 valence electrons. The van der Waals surface area contributed by atoms with Crippen molar-refractivity contribution in [3.05, 3.63) is 27.7 Å². The van der Waals surface area contributed by atoms with Gasteiger partial charge in [0.05, 0.1) is 0 Å². The fraction of sp³-hybridized carbons (Fsp3) is 0.300. The van der Waals surface area contributed by atoms with Crippen LogP contribution in [0.4, 0.5) is 11.9 Å². The summed E-state index contributed by atoms with van der Waals surface area (Å²) in [6.07, 6.45) is 0.942. The Morgan fingerprint density at radius 3 is 2.88 bits per heavy atom. The van der Waals surface area contributed by atoms with Gasteiger partial charge in [0.2, 0.25) is 17.2 Å². The van der Waals surface area contributed by atoms with Crippen molar-refractivity contribution >= 4 is 34.8 Å². The lowest BCUT2D eigenvalue weighted by Crippen LogP contribution is -2.23. The summed E-state index contributed by atoms with van der Waals surface area (Å²) in [5, 5.41) is 2.18. The third kappa shape index (κ3) is 3.28. The summed E-state index contributed by atoms with van der Waals surface area (Å²) in [6, 6.07) is 4.14. The molecule has 2 aromatic rings. The first-order chi connectivity index (χ1) is 8.15. The molecule has 0 unspecified atom stereocenters. The molecule has 0 aliphatic carbocycles. The van der Waals surface area contributed by atoms with Crippen molar-refractivity contribution in [2.24, 2.45) is 0 Å². The number of rotatable bonds is 4. The standard InChI is InChI=1S/C10H12ClN5S/c1-16(5-4-7-3-2-6-17-7)10-14-8(11)13-9(12)15-10/h2-3,6H,4-5H2,1H3,(H2,12,13,14,15). The van der Waals surface area contributed by atoms with Crippen LogP contribution >= 0.6 is 22.9 Å². The van der Waals surface area contributed by atoms with Crippen LogP contribution in [0.1, 0.15) is 4.88 Å². The second kappa shape index (κ2) is 5.29. The number of nitrogen functional groups attached to an aromatic ring is 1. The van der Waals surface area contributed by atoms with E-state index in [1.54, 1.807) is 11.3 Å². The Hall–Kier alpha value is -1.40. The molecule has 0 spiro atoms. The summed E-state index contributed by atoms with van der Waals surface area (Å²) in [6.45, 7) is 0.806. The molecule has 7 heteroatoms. The van der Waals surface area contributed by atoms with E-state index in [-0.39, 0.29) is 11.2 Å². The Bertz CT molecular complexity index is 467. The molecule has 0 saturated carbocycles. The smallest absolute Gasteiger partial charge is 0.231 e. The number of likely N-dealkylation sites (N-methyl/N-ethyl adjacent to an activating group) is 1. The maximum atomic E-state index is 5.73. The number of anilines is 2. The average Bonchev–Trinajstić information content (AvgIpc) is 2.77. The quantitative estimate of drug-likeness (QED) is 0.917. The summed E-state index contributed by atoms with van der Waals surface area (Å²) in [5.74, 6) is 0.641. The molecule has 0 fully saturated rings. The normalized spacial score (nSPS) is 10.5. The molecular weight excluding hydrogens is 258 g/mol. The first kappa shape index (κ1) is 12.1. The third-order valence-electron chi connectivity index (χ3n) is 2.23. The molecular formula is C10H12ClN5S. The van der Waals surface area contributed by atoms with E-state index in [2.05, 4.69) is 26.4 Å². The van der Waals surface area contributed by atoms with E-state index in [1.165, 1.54) is 4.88 Å². The summed E-state index contributed by atoms with van der Waals surface area (Å²) in [5.41, 5.74) is 5.52. The highest BCUT2D eigenvalue weighted by Gasteiger charge is 2.08. The Morgan fingerprint density at radius 2 is 2.24 bits per heavy atom. The first-order valence-corrected chi connectivity index (χ1v) is 6.31. The Labute approximate surface area is 108 Å². The minimum absolute atomic E-state index is 0.121. The fourth-order valence-corrected chi connectivity index (χ4v) is 2.22. The predicted molar refractivity (Wildman–Crippen MR) is 70.5 cm³/mol. The monoisotopic (exact) mass is 269 g/mol. The van der Waals surface area contributed by atoms with E-state index < -0.39 is 0 Å². The van der Waals surface area contributed by atoms with Crippen LogP contribution in [-0.4, -0.2) is 28.5 Å². The molecule has 0 aromatic carbocycles. The zero-order valence-electron chi connectivity index (χ0n) is 9.30. The summed E-state index contributed by atoms with van der Waals surface area (Å²) in [4.78, 5) is 15.0. The van der Waals surface area contributed by atoms with Crippen molar-refractivity contribution in [3.63, 3.8) is 0 Å². The van der Waals surface area contributed by atoms with E-state index >= 15 is 0 Å². The summed E-state index contributed by atoms with van der Waals surface area (Å²) < 4.78 is 0. The van der Waals surface area contributed by atoms with Crippen LogP contribution in [0.5, 0.6) is 0 Å². The van der Waals surface area contributed by atoms with Gasteiger partial charge in [0, 0.05) is 18.5 Å². The Morgan fingerprint density at radius 1 is 1.41 bits per heavy atom. The predicted octanol–water partition coefficient (Wildman–Crippen LogP) is 1.85. The van der Waals surface area contributed by atoms with Gasteiger partial charge in [-0.15, -0.1) is 11.3 Å². The summed E-state index contributed by atoms with van der Waals surface area (Å²) >= 11 is 7.46. The Kier molecular flexibility index (Phi) is 3.75. The van der Waals surface area contributed by atoms with Crippen LogP contribution in [0.25, 0.3) is 0 Å². The molecule has 2 N–H and O–H groups in total. The average molecular weight is 270 g/mol. The van der Waals surface area contributed by atoms with Crippen molar-refractivity contribution < 1.29 is 0 Å². The van der Waals surface area contributed by atoms with Crippen LogP contribution in [0.3, 0.4) is 0 Å². The van der Waals surface area contributed by atoms with Crippen molar-refractivity contribution in [2.75, 3.05) is 24.2 Å². The van der Waals surface area contributed by atoms with Crippen LogP contribution in [0, 0.1) is 0 Å². The van der Waals surface area contributed by atoms with Gasteiger partial charge in [-0.25, -0.2) is 0 Å². The van der Waals surface area contributed by atoms with Crippen LogP contribution in [0.15, 0.2) is 17.5 Å². The maximum absolute atomic E-state index is 5.73. The Balaban J connectivity index is 2.01. The van der Waals surface area contributed by atoms with Gasteiger partial charge in [0.15, 0.2) is 0 Å². The van der Waals surface area contributed by atoms with Crippen LogP contribution in [-0.2, 0) is 6.42 Å². The molecule has 0 aliphatic rings. The SMILES string of the molecule is CN(CCc1cccs1)c1nc(N)nc(Cl)n1. The first-order valence-electron chi connectivity index (χ1n) is 5.06. The second-order valence-corrected chi connectivity index (χ2v) is 4.88. The van der Waals surface area contributed by atoms with E-state index in [0.717, 1.165) is 13.0 Å². The lowest BCUT2D eigenvalue weighted by atomic mass is 10.3. The van der Waals surface area contributed by atoms with Gasteiger partial charge in [0.25, 0.3) is 0 Å². The largest absolute Gasteiger partial charge is 0.368 e. The van der Waals surface area contributed by atoms with Gasteiger partial charge < -0.3 is 10.6 Å². The van der Waals surface area contributed by atoms with Crippen LogP contribution in [0.2, 0.25) is 5.28 Å². The highest BCUT2D eigenvalue weighted by atomic mass is 35.5. The number of hydrogen-bond donors (Lipinski definition) is 1. The molecule has 0 bridgehead atoms. The number of nitrogens with two attached hydrogens (primary N) is 1. The molecule has 5 nitrogen and oxygen atoms in total. The second-order valence-electron chi connectivity index (χ2n) is 3.51. The highest BCUT2D eigenvalue weighted by Crippen LogP contribution is 2.13. The molecule has 2 rings (SSSR count). The topological polar surface area (TPSA) is 67.9 Å². The van der Waals surface area contributed by atoms with Gasteiger partial charge in [-0.3, -0.25) is 0 Å². The van der Waals surface area contributed by atoms with E-state index in [9.17, 15) is 0 Å². The van der Waals surface area contributed by atoms with Crippen molar-refractivity contribution in [2.45, 2.75) is 6.42 Å². The summed E-state index contributed by atoms with van der Waals surface area (Å²) in [7, 11) is 1.90. The molecule has 2 heterocycles.